The number of ether oxygens (including phenoxy) is 1. The van der Waals surface area contributed by atoms with E-state index in [0.29, 0.717) is 15.8 Å². The Morgan fingerprint density at radius 3 is 2.50 bits per heavy atom. The van der Waals surface area contributed by atoms with Crippen molar-refractivity contribution in [2.75, 3.05) is 6.61 Å². The summed E-state index contributed by atoms with van der Waals surface area (Å²) >= 11 is 11.9. The molecule has 128 valence electrons. The molecule has 0 aliphatic heterocycles. The third-order valence-corrected chi connectivity index (χ3v) is 4.46. The molecule has 1 amide bonds. The number of hydrogen-bond donors (Lipinski definition) is 1. The van der Waals surface area contributed by atoms with Crippen molar-refractivity contribution in [3.8, 4) is 5.75 Å². The number of carbonyl (C=O) groups excluding carboxylic acids is 1. The Hall–Kier alpha value is -1.71. The van der Waals surface area contributed by atoms with E-state index in [9.17, 15) is 4.79 Å². The van der Waals surface area contributed by atoms with Crippen molar-refractivity contribution in [1.29, 1.82) is 0 Å². The summed E-state index contributed by atoms with van der Waals surface area (Å²) in [5, 5.41) is 3.91. The molecule has 0 aromatic heterocycles. The van der Waals surface area contributed by atoms with E-state index in [1.165, 1.54) is 11.1 Å². The molecule has 5 heteroatoms. The molecule has 24 heavy (non-hydrogen) atoms. The lowest BCUT2D eigenvalue weighted by molar-refractivity contribution is -0.123. The Labute approximate surface area is 152 Å². The first kappa shape index (κ1) is 18.6. The minimum Gasteiger partial charge on any atom is -0.482 e. The molecule has 0 fully saturated rings. The van der Waals surface area contributed by atoms with E-state index in [1.54, 1.807) is 18.2 Å². The number of amides is 1. The first-order valence-corrected chi connectivity index (χ1v) is 8.60. The lowest BCUT2D eigenvalue weighted by Gasteiger charge is -2.19. The maximum absolute atomic E-state index is 12.2. The van der Waals surface area contributed by atoms with Crippen molar-refractivity contribution in [2.45, 2.75) is 33.2 Å². The molecule has 0 aliphatic rings. The van der Waals surface area contributed by atoms with Gasteiger partial charge in [-0.25, -0.2) is 0 Å². The molecule has 0 heterocycles. The summed E-state index contributed by atoms with van der Waals surface area (Å²) in [6.07, 6.45) is 0.802. The van der Waals surface area contributed by atoms with Gasteiger partial charge in [0.2, 0.25) is 0 Å². The van der Waals surface area contributed by atoms with E-state index < -0.39 is 0 Å². The summed E-state index contributed by atoms with van der Waals surface area (Å²) in [5.41, 5.74) is 3.54. The van der Waals surface area contributed by atoms with Gasteiger partial charge in [-0.2, -0.15) is 0 Å². The normalized spacial score (nSPS) is 11.9. The number of aryl methyl sites for hydroxylation is 2. The van der Waals surface area contributed by atoms with Crippen molar-refractivity contribution in [3.63, 3.8) is 0 Å². The summed E-state index contributed by atoms with van der Waals surface area (Å²) < 4.78 is 5.48. The highest BCUT2D eigenvalue weighted by Gasteiger charge is 2.14. The van der Waals surface area contributed by atoms with E-state index in [2.05, 4.69) is 31.3 Å². The summed E-state index contributed by atoms with van der Waals surface area (Å²) in [7, 11) is 0. The largest absolute Gasteiger partial charge is 0.482 e. The van der Waals surface area contributed by atoms with E-state index in [-0.39, 0.29) is 18.6 Å². The Bertz CT molecular complexity index is 731. The zero-order valence-electron chi connectivity index (χ0n) is 14.0. The number of carbonyl (C=O) groups is 1. The maximum Gasteiger partial charge on any atom is 0.258 e. The van der Waals surface area contributed by atoms with Gasteiger partial charge in [-0.1, -0.05) is 48.3 Å². The molecular weight excluding hydrogens is 345 g/mol. The second-order valence-corrected chi connectivity index (χ2v) is 6.58. The van der Waals surface area contributed by atoms with Gasteiger partial charge >= 0.3 is 0 Å². The summed E-state index contributed by atoms with van der Waals surface area (Å²) in [6.45, 7) is 6.08. The smallest absolute Gasteiger partial charge is 0.258 e. The van der Waals surface area contributed by atoms with Crippen molar-refractivity contribution in [3.05, 3.63) is 63.1 Å². The minimum absolute atomic E-state index is 0.0407. The highest BCUT2D eigenvalue weighted by atomic mass is 35.5. The first-order chi connectivity index (χ1) is 11.4. The van der Waals surface area contributed by atoms with Crippen LogP contribution in [0.25, 0.3) is 0 Å². The lowest BCUT2D eigenvalue weighted by Crippen LogP contribution is -2.32. The number of halogens is 2. The molecule has 2 aromatic rings. The fourth-order valence-electron chi connectivity index (χ4n) is 2.37. The minimum atomic E-state index is -0.189. The van der Waals surface area contributed by atoms with Gasteiger partial charge in [0.15, 0.2) is 6.61 Å². The lowest BCUT2D eigenvalue weighted by atomic mass is 9.99. The average Bonchev–Trinajstić information content (AvgIpc) is 2.54. The van der Waals surface area contributed by atoms with Gasteiger partial charge in [0.1, 0.15) is 5.75 Å². The molecule has 0 radical (unpaired) electrons. The van der Waals surface area contributed by atoms with Crippen LogP contribution in [0.3, 0.4) is 0 Å². The van der Waals surface area contributed by atoms with E-state index in [1.807, 2.05) is 13.0 Å². The molecule has 2 aromatic carbocycles. The number of nitrogens with one attached hydrogen (secondary N) is 1. The highest BCUT2D eigenvalue weighted by molar-refractivity contribution is 6.35. The van der Waals surface area contributed by atoms with Crippen LogP contribution in [0.1, 0.15) is 36.1 Å². The molecule has 0 bridgehead atoms. The van der Waals surface area contributed by atoms with Crippen LogP contribution in [0.2, 0.25) is 10.0 Å². The standard InChI is InChI=1S/C19H21Cl2NO2/c1-4-17(14-6-5-12(2)13(3)9-14)22-19(23)11-24-18-8-7-15(20)10-16(18)21/h5-10,17H,4,11H2,1-3H3,(H,22,23)/t17-/m0/s1. The monoisotopic (exact) mass is 365 g/mol. The Balaban J connectivity index is 1.97. The quantitative estimate of drug-likeness (QED) is 0.758. The van der Waals surface area contributed by atoms with Gasteiger partial charge < -0.3 is 10.1 Å². The zero-order valence-corrected chi connectivity index (χ0v) is 15.5. The van der Waals surface area contributed by atoms with Gasteiger partial charge in [-0.3, -0.25) is 4.79 Å². The fourth-order valence-corrected chi connectivity index (χ4v) is 2.84. The number of benzene rings is 2. The molecule has 0 aliphatic carbocycles. The van der Waals surface area contributed by atoms with Crippen molar-refractivity contribution >= 4 is 29.1 Å². The SMILES string of the molecule is CC[C@H](NC(=O)COc1ccc(Cl)cc1Cl)c1ccc(C)c(C)c1. The van der Waals surface area contributed by atoms with Crippen molar-refractivity contribution in [2.24, 2.45) is 0 Å². The average molecular weight is 366 g/mol. The van der Waals surface area contributed by atoms with Gasteiger partial charge in [-0.15, -0.1) is 0 Å². The van der Waals surface area contributed by atoms with Crippen LogP contribution < -0.4 is 10.1 Å². The Morgan fingerprint density at radius 1 is 1.12 bits per heavy atom. The van der Waals surface area contributed by atoms with E-state index >= 15 is 0 Å². The fraction of sp³-hybridized carbons (Fsp3) is 0.316. The van der Waals surface area contributed by atoms with Gasteiger partial charge in [-0.05, 0) is 55.2 Å². The molecule has 2 rings (SSSR count). The van der Waals surface area contributed by atoms with Crippen LogP contribution in [0.15, 0.2) is 36.4 Å². The molecule has 0 saturated heterocycles. The van der Waals surface area contributed by atoms with Crippen molar-refractivity contribution < 1.29 is 9.53 Å². The first-order valence-electron chi connectivity index (χ1n) is 7.85. The molecular formula is C19H21Cl2NO2. The Morgan fingerprint density at radius 2 is 1.88 bits per heavy atom. The third kappa shape index (κ3) is 4.89. The molecule has 1 N–H and O–H groups in total. The summed E-state index contributed by atoms with van der Waals surface area (Å²) in [5.74, 6) is 0.251. The van der Waals surface area contributed by atoms with E-state index in [0.717, 1.165) is 12.0 Å². The van der Waals surface area contributed by atoms with Crippen LogP contribution in [0.4, 0.5) is 0 Å². The number of rotatable bonds is 6. The van der Waals surface area contributed by atoms with Crippen LogP contribution in [-0.4, -0.2) is 12.5 Å². The second-order valence-electron chi connectivity index (χ2n) is 5.74. The van der Waals surface area contributed by atoms with E-state index in [4.69, 9.17) is 27.9 Å². The zero-order chi connectivity index (χ0) is 17.7. The van der Waals surface area contributed by atoms with Crippen molar-refractivity contribution in [1.82, 2.24) is 5.32 Å². The van der Waals surface area contributed by atoms with Crippen LogP contribution in [-0.2, 0) is 4.79 Å². The maximum atomic E-state index is 12.2. The predicted molar refractivity (Wildman–Crippen MR) is 99.0 cm³/mol. The third-order valence-electron chi connectivity index (χ3n) is 3.93. The highest BCUT2D eigenvalue weighted by Crippen LogP contribution is 2.27. The number of hydrogen-bond acceptors (Lipinski definition) is 2. The Kier molecular flexibility index (Phi) is 6.52. The summed E-state index contributed by atoms with van der Waals surface area (Å²) in [4.78, 5) is 12.2. The van der Waals surface area contributed by atoms with Gasteiger partial charge in [0, 0.05) is 5.02 Å². The van der Waals surface area contributed by atoms with Gasteiger partial charge in [0.25, 0.3) is 5.91 Å². The van der Waals surface area contributed by atoms with Crippen LogP contribution in [0, 0.1) is 13.8 Å². The predicted octanol–water partition coefficient (Wildman–Crippen LogP) is 5.26. The molecule has 0 spiro atoms. The van der Waals surface area contributed by atoms with Crippen LogP contribution in [0.5, 0.6) is 5.75 Å². The molecule has 3 nitrogen and oxygen atoms in total. The molecule has 0 saturated carbocycles. The van der Waals surface area contributed by atoms with Gasteiger partial charge in [0.05, 0.1) is 11.1 Å². The second kappa shape index (κ2) is 8.41. The molecule has 0 unspecified atom stereocenters. The summed E-state index contributed by atoms with van der Waals surface area (Å²) in [6, 6.07) is 11.1. The molecule has 1 atom stereocenters. The van der Waals surface area contributed by atoms with Crippen LogP contribution >= 0.6 is 23.2 Å². The topological polar surface area (TPSA) is 38.3 Å².